The van der Waals surface area contributed by atoms with E-state index in [4.69, 9.17) is 5.11 Å². The second-order valence-corrected chi connectivity index (χ2v) is 3.66. The van der Waals surface area contributed by atoms with Crippen molar-refractivity contribution >= 4 is 5.69 Å². The second-order valence-electron chi connectivity index (χ2n) is 3.66. The maximum absolute atomic E-state index is 8.96. The van der Waals surface area contributed by atoms with E-state index >= 15 is 0 Å². The summed E-state index contributed by atoms with van der Waals surface area (Å²) in [5.41, 5.74) is 0.869. The maximum atomic E-state index is 8.96. The molecule has 0 spiro atoms. The number of aromatic amines is 1. The van der Waals surface area contributed by atoms with Gasteiger partial charge in [0, 0.05) is 24.8 Å². The molecular formula is C8H15N3O. The van der Waals surface area contributed by atoms with E-state index < -0.39 is 0 Å². The highest BCUT2D eigenvalue weighted by molar-refractivity contribution is 5.37. The van der Waals surface area contributed by atoms with Gasteiger partial charge >= 0.3 is 0 Å². The Morgan fingerprint density at radius 3 is 2.92 bits per heavy atom. The number of aliphatic hydroxyl groups excluding tert-OH is 1. The summed E-state index contributed by atoms with van der Waals surface area (Å²) in [5.74, 6) is 0. The zero-order chi connectivity index (χ0) is 9.03. The quantitative estimate of drug-likeness (QED) is 0.626. The number of hydrogen-bond acceptors (Lipinski definition) is 3. The molecule has 0 aliphatic carbocycles. The molecule has 68 valence electrons. The van der Waals surface area contributed by atoms with Crippen LogP contribution in [-0.4, -0.2) is 28.5 Å². The molecule has 4 heteroatoms. The van der Waals surface area contributed by atoms with Crippen LogP contribution in [0.15, 0.2) is 12.4 Å². The maximum Gasteiger partial charge on any atom is 0.0723 e. The van der Waals surface area contributed by atoms with Crippen LogP contribution in [0.4, 0.5) is 5.69 Å². The summed E-state index contributed by atoms with van der Waals surface area (Å²) in [6.07, 6.45) is 3.50. The van der Waals surface area contributed by atoms with E-state index in [0.717, 1.165) is 12.2 Å². The monoisotopic (exact) mass is 169 g/mol. The highest BCUT2D eigenvalue weighted by atomic mass is 16.3. The number of rotatable bonds is 4. The third kappa shape index (κ3) is 2.54. The van der Waals surface area contributed by atoms with Gasteiger partial charge in [-0.2, -0.15) is 5.10 Å². The van der Waals surface area contributed by atoms with E-state index in [-0.39, 0.29) is 12.0 Å². The fraction of sp³-hybridized carbons (Fsp3) is 0.625. The van der Waals surface area contributed by atoms with Crippen LogP contribution in [-0.2, 0) is 0 Å². The smallest absolute Gasteiger partial charge is 0.0723 e. The van der Waals surface area contributed by atoms with Crippen LogP contribution < -0.4 is 5.32 Å². The molecule has 0 saturated carbocycles. The Labute approximate surface area is 72.0 Å². The first-order chi connectivity index (χ1) is 5.64. The standard InChI is InChI=1S/C8H15N3O/c1-8(2,6-12)5-9-7-3-10-11-4-7/h3-4,9,12H,5-6H2,1-2H3,(H,10,11). The third-order valence-corrected chi connectivity index (χ3v) is 1.70. The lowest BCUT2D eigenvalue weighted by molar-refractivity contribution is 0.171. The average Bonchev–Trinajstić information content (AvgIpc) is 2.53. The van der Waals surface area contributed by atoms with Crippen LogP contribution in [0.1, 0.15) is 13.8 Å². The van der Waals surface area contributed by atoms with E-state index in [0.29, 0.717) is 0 Å². The number of hydrogen-bond donors (Lipinski definition) is 3. The number of aromatic nitrogens is 2. The molecule has 0 fully saturated rings. The SMILES string of the molecule is CC(C)(CO)CNc1cn[nH]c1. The van der Waals surface area contributed by atoms with Gasteiger partial charge in [-0.3, -0.25) is 5.10 Å². The summed E-state index contributed by atoms with van der Waals surface area (Å²) in [7, 11) is 0. The molecule has 0 radical (unpaired) electrons. The van der Waals surface area contributed by atoms with Gasteiger partial charge in [0.25, 0.3) is 0 Å². The number of anilines is 1. The molecule has 0 amide bonds. The largest absolute Gasteiger partial charge is 0.396 e. The molecule has 0 atom stereocenters. The molecule has 0 saturated heterocycles. The predicted molar refractivity (Wildman–Crippen MR) is 47.9 cm³/mol. The first kappa shape index (κ1) is 9.06. The van der Waals surface area contributed by atoms with Crippen LogP contribution in [0.5, 0.6) is 0 Å². The molecule has 1 aromatic heterocycles. The summed E-state index contributed by atoms with van der Waals surface area (Å²) in [4.78, 5) is 0. The predicted octanol–water partition coefficient (Wildman–Crippen LogP) is 0.840. The summed E-state index contributed by atoms with van der Waals surface area (Å²) in [5, 5.41) is 18.6. The van der Waals surface area contributed by atoms with Gasteiger partial charge in [-0.15, -0.1) is 0 Å². The topological polar surface area (TPSA) is 60.9 Å². The van der Waals surface area contributed by atoms with Crippen LogP contribution in [0.3, 0.4) is 0 Å². The van der Waals surface area contributed by atoms with E-state index in [1.807, 2.05) is 13.8 Å². The van der Waals surface area contributed by atoms with Gasteiger partial charge in [-0.05, 0) is 0 Å². The fourth-order valence-corrected chi connectivity index (χ4v) is 0.745. The Hall–Kier alpha value is -1.03. The van der Waals surface area contributed by atoms with Crippen LogP contribution in [0.2, 0.25) is 0 Å². The van der Waals surface area contributed by atoms with Crippen molar-refractivity contribution in [1.29, 1.82) is 0 Å². The first-order valence-electron chi connectivity index (χ1n) is 3.97. The molecular weight excluding hydrogens is 154 g/mol. The average molecular weight is 169 g/mol. The van der Waals surface area contributed by atoms with Gasteiger partial charge in [0.1, 0.15) is 0 Å². The summed E-state index contributed by atoms with van der Waals surface area (Å²) in [6.45, 7) is 4.92. The van der Waals surface area contributed by atoms with Gasteiger partial charge in [-0.25, -0.2) is 0 Å². The normalized spacial score (nSPS) is 11.6. The zero-order valence-electron chi connectivity index (χ0n) is 7.46. The minimum Gasteiger partial charge on any atom is -0.396 e. The Bertz CT molecular complexity index is 218. The molecule has 1 aromatic rings. The molecule has 0 unspecified atom stereocenters. The lowest BCUT2D eigenvalue weighted by atomic mass is 9.95. The number of aliphatic hydroxyl groups is 1. The van der Waals surface area contributed by atoms with Gasteiger partial charge in [0.05, 0.1) is 11.9 Å². The van der Waals surface area contributed by atoms with Crippen molar-refractivity contribution < 1.29 is 5.11 Å². The number of nitrogens with zero attached hydrogens (tertiary/aromatic N) is 1. The minimum atomic E-state index is -0.0860. The lowest BCUT2D eigenvalue weighted by Gasteiger charge is -2.21. The van der Waals surface area contributed by atoms with Gasteiger partial charge < -0.3 is 10.4 Å². The van der Waals surface area contributed by atoms with E-state index in [2.05, 4.69) is 15.5 Å². The molecule has 12 heavy (non-hydrogen) atoms. The molecule has 0 aromatic carbocycles. The molecule has 0 aliphatic heterocycles. The molecule has 1 heterocycles. The molecule has 1 rings (SSSR count). The van der Waals surface area contributed by atoms with Crippen molar-refractivity contribution in [2.24, 2.45) is 5.41 Å². The Balaban J connectivity index is 2.36. The fourth-order valence-electron chi connectivity index (χ4n) is 0.745. The lowest BCUT2D eigenvalue weighted by Crippen LogP contribution is -2.26. The molecule has 0 bridgehead atoms. The first-order valence-corrected chi connectivity index (χ1v) is 3.97. The van der Waals surface area contributed by atoms with Crippen LogP contribution >= 0.6 is 0 Å². The Morgan fingerprint density at radius 2 is 2.42 bits per heavy atom. The summed E-state index contributed by atoms with van der Waals surface area (Å²) in [6, 6.07) is 0. The van der Waals surface area contributed by atoms with Gasteiger partial charge in [0.15, 0.2) is 0 Å². The van der Waals surface area contributed by atoms with Crippen molar-refractivity contribution in [1.82, 2.24) is 10.2 Å². The van der Waals surface area contributed by atoms with Crippen LogP contribution in [0.25, 0.3) is 0 Å². The second kappa shape index (κ2) is 3.58. The highest BCUT2D eigenvalue weighted by Gasteiger charge is 2.15. The Kier molecular flexibility index (Phi) is 2.70. The van der Waals surface area contributed by atoms with E-state index in [1.165, 1.54) is 0 Å². The van der Waals surface area contributed by atoms with Crippen molar-refractivity contribution in [3.63, 3.8) is 0 Å². The van der Waals surface area contributed by atoms with Gasteiger partial charge in [0.2, 0.25) is 0 Å². The van der Waals surface area contributed by atoms with Crippen molar-refractivity contribution in [2.75, 3.05) is 18.5 Å². The third-order valence-electron chi connectivity index (χ3n) is 1.70. The van der Waals surface area contributed by atoms with Crippen molar-refractivity contribution in [3.8, 4) is 0 Å². The molecule has 3 N–H and O–H groups in total. The summed E-state index contributed by atoms with van der Waals surface area (Å²) >= 11 is 0. The molecule has 0 aliphatic rings. The van der Waals surface area contributed by atoms with Crippen molar-refractivity contribution in [2.45, 2.75) is 13.8 Å². The Morgan fingerprint density at radius 1 is 1.67 bits per heavy atom. The van der Waals surface area contributed by atoms with Crippen molar-refractivity contribution in [3.05, 3.63) is 12.4 Å². The van der Waals surface area contributed by atoms with E-state index in [1.54, 1.807) is 12.4 Å². The number of nitrogens with one attached hydrogen (secondary N) is 2. The van der Waals surface area contributed by atoms with Crippen LogP contribution in [0, 0.1) is 5.41 Å². The van der Waals surface area contributed by atoms with Gasteiger partial charge in [-0.1, -0.05) is 13.8 Å². The summed E-state index contributed by atoms with van der Waals surface area (Å²) < 4.78 is 0. The molecule has 4 nitrogen and oxygen atoms in total. The number of H-pyrrole nitrogens is 1. The zero-order valence-corrected chi connectivity index (χ0v) is 7.46. The minimum absolute atomic E-state index is 0.0860. The van der Waals surface area contributed by atoms with E-state index in [9.17, 15) is 0 Å². The highest BCUT2D eigenvalue weighted by Crippen LogP contribution is 2.14.